The van der Waals surface area contributed by atoms with Gasteiger partial charge in [0.15, 0.2) is 0 Å². The number of phenols is 1. The lowest BCUT2D eigenvalue weighted by Gasteiger charge is -2.01. The van der Waals surface area contributed by atoms with E-state index in [0.717, 1.165) is 0 Å². The van der Waals surface area contributed by atoms with E-state index in [1.807, 2.05) is 0 Å². The highest BCUT2D eigenvalue weighted by Gasteiger charge is 2.16. The number of rotatable bonds is 3. The van der Waals surface area contributed by atoms with Gasteiger partial charge < -0.3 is 16.2 Å². The molecule has 7 nitrogen and oxygen atoms in total. The molecule has 0 unspecified atom stereocenters. The number of carbonyl (C=O) groups excluding carboxylic acids is 1. The average Bonchev–Trinajstić information content (AvgIpc) is 2.47. The van der Waals surface area contributed by atoms with E-state index in [-0.39, 0.29) is 17.0 Å². The van der Waals surface area contributed by atoms with Crippen LogP contribution in [-0.4, -0.2) is 21.6 Å². The molecule has 0 aliphatic rings. The van der Waals surface area contributed by atoms with Crippen LogP contribution < -0.4 is 5.73 Å². The van der Waals surface area contributed by atoms with Gasteiger partial charge in [-0.25, -0.2) is 0 Å². The molecule has 2 rings (SSSR count). The van der Waals surface area contributed by atoms with E-state index in [1.54, 1.807) is 24.3 Å². The number of para-hydroxylation sites is 1. The molecular formula is C15H14ClN3O4. The van der Waals surface area contributed by atoms with E-state index in [9.17, 15) is 20.0 Å². The minimum atomic E-state index is -0.679. The largest absolute Gasteiger partial charge is 0.502 e. The summed E-state index contributed by atoms with van der Waals surface area (Å²) in [5.41, 5.74) is 5.27. The minimum Gasteiger partial charge on any atom is -0.502 e. The number of carbonyl (C=O) groups is 1. The minimum absolute atomic E-state index is 0.0983. The third-order valence-electron chi connectivity index (χ3n) is 2.75. The first-order valence-electron chi connectivity index (χ1n) is 6.32. The van der Waals surface area contributed by atoms with Gasteiger partial charge in [-0.05, 0) is 25.1 Å². The van der Waals surface area contributed by atoms with Crippen LogP contribution in [0.15, 0.2) is 42.5 Å². The van der Waals surface area contributed by atoms with Crippen LogP contribution in [0.25, 0.3) is 0 Å². The molecule has 8 heteroatoms. The van der Waals surface area contributed by atoms with Crippen LogP contribution in [0.3, 0.4) is 0 Å². The molecule has 4 N–H and O–H groups in total. The van der Waals surface area contributed by atoms with Gasteiger partial charge in [0.25, 0.3) is 0 Å². The molecule has 0 spiro atoms. The van der Waals surface area contributed by atoms with Gasteiger partial charge >= 0.3 is 5.69 Å². The van der Waals surface area contributed by atoms with Crippen LogP contribution in [0.1, 0.15) is 22.8 Å². The van der Waals surface area contributed by atoms with E-state index in [1.165, 1.54) is 25.1 Å². The number of aromatic hydroxyl groups is 1. The summed E-state index contributed by atoms with van der Waals surface area (Å²) in [5.74, 6) is -0.939. The van der Waals surface area contributed by atoms with Gasteiger partial charge in [0, 0.05) is 17.3 Å². The van der Waals surface area contributed by atoms with Crippen molar-refractivity contribution in [2.24, 2.45) is 5.73 Å². The first kappa shape index (κ1) is 18.1. The molecule has 2 aromatic carbocycles. The van der Waals surface area contributed by atoms with Crippen molar-refractivity contribution in [2.75, 3.05) is 0 Å². The predicted molar refractivity (Wildman–Crippen MR) is 87.2 cm³/mol. The predicted octanol–water partition coefficient (Wildman–Crippen LogP) is 3.13. The highest BCUT2D eigenvalue weighted by Crippen LogP contribution is 2.29. The van der Waals surface area contributed by atoms with Gasteiger partial charge in [-0.15, -0.1) is 0 Å². The van der Waals surface area contributed by atoms with E-state index in [2.05, 4.69) is 0 Å². The fourth-order valence-electron chi connectivity index (χ4n) is 1.64. The van der Waals surface area contributed by atoms with Crippen LogP contribution in [0.5, 0.6) is 5.75 Å². The second kappa shape index (κ2) is 7.90. The lowest BCUT2D eigenvalue weighted by atomic mass is 10.1. The van der Waals surface area contributed by atoms with Crippen LogP contribution in [0.2, 0.25) is 5.02 Å². The van der Waals surface area contributed by atoms with Crippen LogP contribution in [0, 0.1) is 15.5 Å². The number of halogens is 1. The first-order chi connectivity index (χ1) is 10.8. The SMILES string of the molecule is CC(=N)c1cccc([N+](=O)[O-])c1O.NC(=O)c1ccccc1Cl. The van der Waals surface area contributed by atoms with Crippen LogP contribution in [-0.2, 0) is 0 Å². The first-order valence-corrected chi connectivity index (χ1v) is 6.69. The number of benzene rings is 2. The number of primary amides is 1. The number of phenolic OH excluding ortho intramolecular Hbond substituents is 1. The number of hydrogen-bond acceptors (Lipinski definition) is 5. The van der Waals surface area contributed by atoms with E-state index in [4.69, 9.17) is 22.7 Å². The van der Waals surface area contributed by atoms with Gasteiger partial charge in [0.1, 0.15) is 0 Å². The Balaban J connectivity index is 0.000000238. The molecule has 0 fully saturated rings. The molecule has 0 saturated heterocycles. The number of nitro benzene ring substituents is 1. The fourth-order valence-corrected chi connectivity index (χ4v) is 1.87. The van der Waals surface area contributed by atoms with E-state index < -0.39 is 16.6 Å². The highest BCUT2D eigenvalue weighted by molar-refractivity contribution is 6.33. The molecule has 1 amide bonds. The number of nitrogens with zero attached hydrogens (tertiary/aromatic N) is 1. The van der Waals surface area contributed by atoms with Crippen molar-refractivity contribution in [1.29, 1.82) is 5.41 Å². The van der Waals surface area contributed by atoms with Crippen molar-refractivity contribution in [1.82, 2.24) is 0 Å². The average molecular weight is 336 g/mol. The lowest BCUT2D eigenvalue weighted by Crippen LogP contribution is -2.10. The topological polar surface area (TPSA) is 130 Å². The second-order valence-corrected chi connectivity index (χ2v) is 4.81. The molecule has 0 saturated carbocycles. The summed E-state index contributed by atoms with van der Waals surface area (Å²) in [7, 11) is 0. The third-order valence-corrected chi connectivity index (χ3v) is 3.08. The van der Waals surface area contributed by atoms with Crippen LogP contribution in [0.4, 0.5) is 5.69 Å². The smallest absolute Gasteiger partial charge is 0.311 e. The lowest BCUT2D eigenvalue weighted by molar-refractivity contribution is -0.385. The molecular weight excluding hydrogens is 322 g/mol. The maximum absolute atomic E-state index is 10.6. The standard InChI is InChI=1S/C8H8N2O3.C7H6ClNO/c1-5(9)6-3-2-4-7(8(6)11)10(12)13;8-6-4-2-1-3-5(6)7(9)10/h2-4,9,11H,1H3;1-4H,(H2,9,10). The summed E-state index contributed by atoms with van der Waals surface area (Å²) < 4.78 is 0. The van der Waals surface area contributed by atoms with E-state index in [0.29, 0.717) is 10.6 Å². The van der Waals surface area contributed by atoms with Gasteiger partial charge in [0.05, 0.1) is 15.5 Å². The summed E-state index contributed by atoms with van der Waals surface area (Å²) in [6.45, 7) is 1.46. The zero-order valence-electron chi connectivity index (χ0n) is 12.1. The normalized spacial score (nSPS) is 9.48. The molecule has 0 aliphatic heterocycles. The summed E-state index contributed by atoms with van der Waals surface area (Å²) in [5, 5.41) is 27.3. The summed E-state index contributed by atoms with van der Waals surface area (Å²) in [4.78, 5) is 20.3. The molecule has 0 heterocycles. The number of hydrogen-bond donors (Lipinski definition) is 3. The molecule has 0 aromatic heterocycles. The van der Waals surface area contributed by atoms with E-state index >= 15 is 0 Å². The van der Waals surface area contributed by atoms with Crippen molar-refractivity contribution < 1.29 is 14.8 Å². The maximum atomic E-state index is 10.6. The maximum Gasteiger partial charge on any atom is 0.311 e. The Bertz CT molecular complexity index is 730. The Morgan fingerprint density at radius 1 is 1.22 bits per heavy atom. The molecule has 0 atom stereocenters. The third kappa shape index (κ3) is 4.79. The summed E-state index contributed by atoms with van der Waals surface area (Å²) >= 11 is 5.62. The number of nitro groups is 1. The van der Waals surface area contributed by atoms with Crippen molar-refractivity contribution in [3.8, 4) is 5.75 Å². The van der Waals surface area contributed by atoms with Crippen molar-refractivity contribution in [3.63, 3.8) is 0 Å². The number of amides is 1. The van der Waals surface area contributed by atoms with Gasteiger partial charge in [-0.2, -0.15) is 0 Å². The number of nitrogens with one attached hydrogen (secondary N) is 1. The summed E-state index contributed by atoms with van der Waals surface area (Å²) in [6.07, 6.45) is 0. The molecule has 0 aliphatic carbocycles. The second-order valence-electron chi connectivity index (χ2n) is 4.40. The Morgan fingerprint density at radius 2 is 1.78 bits per heavy atom. The zero-order chi connectivity index (χ0) is 17.6. The zero-order valence-corrected chi connectivity index (χ0v) is 12.9. The Morgan fingerprint density at radius 3 is 2.22 bits per heavy atom. The molecule has 0 bridgehead atoms. The monoisotopic (exact) mass is 335 g/mol. The molecule has 0 radical (unpaired) electrons. The molecule has 23 heavy (non-hydrogen) atoms. The van der Waals surface area contributed by atoms with Crippen molar-refractivity contribution >= 4 is 28.9 Å². The van der Waals surface area contributed by atoms with Crippen LogP contribution >= 0.6 is 11.6 Å². The van der Waals surface area contributed by atoms with Gasteiger partial charge in [-0.3, -0.25) is 14.9 Å². The van der Waals surface area contributed by atoms with Crippen molar-refractivity contribution in [2.45, 2.75) is 6.92 Å². The Kier molecular flexibility index (Phi) is 6.23. The van der Waals surface area contributed by atoms with Gasteiger partial charge in [-0.1, -0.05) is 29.8 Å². The molecule has 2 aromatic rings. The highest BCUT2D eigenvalue weighted by atomic mass is 35.5. The Hall–Kier alpha value is -2.93. The van der Waals surface area contributed by atoms with Gasteiger partial charge in [0.2, 0.25) is 11.7 Å². The summed E-state index contributed by atoms with van der Waals surface area (Å²) in [6, 6.07) is 10.8. The van der Waals surface area contributed by atoms with Crippen molar-refractivity contribution in [3.05, 3.63) is 68.7 Å². The molecule has 120 valence electrons. The Labute approximate surface area is 137 Å². The fraction of sp³-hybridized carbons (Fsp3) is 0.0667. The quantitative estimate of drug-likeness (QED) is 0.451. The number of nitrogens with two attached hydrogens (primary N) is 1.